The predicted molar refractivity (Wildman–Crippen MR) is 78.5 cm³/mol. The molecule has 0 aromatic heterocycles. The van der Waals surface area contributed by atoms with Gasteiger partial charge in [-0.2, -0.15) is 0 Å². The van der Waals surface area contributed by atoms with Crippen LogP contribution >= 0.6 is 15.9 Å². The first-order valence-corrected chi connectivity index (χ1v) is 7.14. The molecule has 1 rings (SSSR count). The molecular weight excluding hydrogens is 294 g/mol. The number of halogens is 1. The lowest BCUT2D eigenvalue weighted by molar-refractivity contribution is 0.306. The highest BCUT2D eigenvalue weighted by Crippen LogP contribution is 2.36. The number of hydrogen-bond donors (Lipinski definition) is 1. The number of methoxy groups -OCH3 is 1. The lowest BCUT2D eigenvalue weighted by Gasteiger charge is -2.18. The van der Waals surface area contributed by atoms with E-state index in [1.807, 2.05) is 19.1 Å². The molecule has 0 amide bonds. The topological polar surface area (TPSA) is 30.5 Å². The third-order valence-corrected chi connectivity index (χ3v) is 3.66. The van der Waals surface area contributed by atoms with Gasteiger partial charge >= 0.3 is 0 Å². The van der Waals surface area contributed by atoms with Crippen LogP contribution in [0, 0.1) is 0 Å². The van der Waals surface area contributed by atoms with Crippen molar-refractivity contribution in [3.63, 3.8) is 0 Å². The second-order valence-electron chi connectivity index (χ2n) is 4.18. The van der Waals surface area contributed by atoms with E-state index in [1.54, 1.807) is 7.11 Å². The van der Waals surface area contributed by atoms with Gasteiger partial charge in [0.1, 0.15) is 0 Å². The lowest BCUT2D eigenvalue weighted by Crippen LogP contribution is -2.25. The Kier molecular flexibility index (Phi) is 6.50. The highest BCUT2D eigenvalue weighted by atomic mass is 79.9. The molecule has 18 heavy (non-hydrogen) atoms. The summed E-state index contributed by atoms with van der Waals surface area (Å²) in [5, 5.41) is 3.47. The summed E-state index contributed by atoms with van der Waals surface area (Å²) in [6, 6.07) is 4.40. The van der Waals surface area contributed by atoms with E-state index >= 15 is 0 Å². The van der Waals surface area contributed by atoms with Gasteiger partial charge in [0, 0.05) is 22.6 Å². The molecule has 102 valence electrons. The maximum atomic E-state index is 5.71. The van der Waals surface area contributed by atoms with Gasteiger partial charge in [0.15, 0.2) is 11.5 Å². The Morgan fingerprint density at radius 3 is 2.61 bits per heavy atom. The second kappa shape index (κ2) is 7.64. The standard InChI is InChI=1S/C14H22BrNO2/c1-5-10(3)16-9-11-12(15)7-8-13(17-4)14(11)18-6-2/h7-8,10,16H,5-6,9H2,1-4H3. The van der Waals surface area contributed by atoms with Crippen LogP contribution in [0.2, 0.25) is 0 Å². The van der Waals surface area contributed by atoms with Crippen molar-refractivity contribution >= 4 is 15.9 Å². The molecule has 0 saturated carbocycles. The number of hydrogen-bond acceptors (Lipinski definition) is 3. The largest absolute Gasteiger partial charge is 0.493 e. The molecule has 1 atom stereocenters. The smallest absolute Gasteiger partial charge is 0.166 e. The first-order chi connectivity index (χ1) is 8.63. The number of nitrogens with one attached hydrogen (secondary N) is 1. The van der Waals surface area contributed by atoms with Crippen molar-refractivity contribution in [2.45, 2.75) is 39.8 Å². The van der Waals surface area contributed by atoms with Crippen LogP contribution < -0.4 is 14.8 Å². The first kappa shape index (κ1) is 15.3. The molecule has 0 radical (unpaired) electrons. The van der Waals surface area contributed by atoms with Gasteiger partial charge in [0.25, 0.3) is 0 Å². The normalized spacial score (nSPS) is 12.3. The SMILES string of the molecule is CCOc1c(OC)ccc(Br)c1CNC(C)CC. The van der Waals surface area contributed by atoms with Gasteiger partial charge < -0.3 is 14.8 Å². The molecule has 1 unspecified atom stereocenters. The van der Waals surface area contributed by atoms with Crippen LogP contribution in [-0.4, -0.2) is 19.8 Å². The lowest BCUT2D eigenvalue weighted by atomic mass is 10.1. The molecule has 0 spiro atoms. The Morgan fingerprint density at radius 2 is 2.06 bits per heavy atom. The van der Waals surface area contributed by atoms with Crippen molar-refractivity contribution in [1.82, 2.24) is 5.32 Å². The minimum Gasteiger partial charge on any atom is -0.493 e. The fraction of sp³-hybridized carbons (Fsp3) is 0.571. The molecule has 0 aliphatic rings. The molecule has 0 fully saturated rings. The zero-order chi connectivity index (χ0) is 13.5. The number of benzene rings is 1. The minimum absolute atomic E-state index is 0.484. The van der Waals surface area contributed by atoms with E-state index in [0.717, 1.165) is 34.5 Å². The van der Waals surface area contributed by atoms with Crippen LogP contribution in [0.25, 0.3) is 0 Å². The van der Waals surface area contributed by atoms with E-state index in [-0.39, 0.29) is 0 Å². The zero-order valence-corrected chi connectivity index (χ0v) is 13.1. The van der Waals surface area contributed by atoms with E-state index < -0.39 is 0 Å². The van der Waals surface area contributed by atoms with E-state index in [0.29, 0.717) is 12.6 Å². The molecule has 4 heteroatoms. The predicted octanol–water partition coefficient (Wildman–Crippen LogP) is 3.74. The third kappa shape index (κ3) is 3.89. The number of rotatable bonds is 7. The van der Waals surface area contributed by atoms with Gasteiger partial charge in [-0.05, 0) is 32.4 Å². The van der Waals surface area contributed by atoms with E-state index in [1.165, 1.54) is 0 Å². The molecule has 1 N–H and O–H groups in total. The third-order valence-electron chi connectivity index (χ3n) is 2.92. The molecule has 1 aromatic carbocycles. The zero-order valence-electron chi connectivity index (χ0n) is 11.5. The summed E-state index contributed by atoms with van der Waals surface area (Å²) in [5.74, 6) is 1.60. The fourth-order valence-corrected chi connectivity index (χ4v) is 2.08. The van der Waals surface area contributed by atoms with Crippen molar-refractivity contribution in [2.75, 3.05) is 13.7 Å². The van der Waals surface area contributed by atoms with Crippen molar-refractivity contribution in [1.29, 1.82) is 0 Å². The Morgan fingerprint density at radius 1 is 1.33 bits per heavy atom. The van der Waals surface area contributed by atoms with Crippen LogP contribution in [0.3, 0.4) is 0 Å². The maximum absolute atomic E-state index is 5.71. The molecule has 0 saturated heterocycles. The Hall–Kier alpha value is -0.740. The summed E-state index contributed by atoms with van der Waals surface area (Å²) >= 11 is 3.58. The van der Waals surface area contributed by atoms with E-state index in [4.69, 9.17) is 9.47 Å². The summed E-state index contributed by atoms with van der Waals surface area (Å²) in [4.78, 5) is 0. The monoisotopic (exact) mass is 315 g/mol. The molecular formula is C14H22BrNO2. The molecule has 0 aliphatic heterocycles. The van der Waals surface area contributed by atoms with E-state index in [9.17, 15) is 0 Å². The summed E-state index contributed by atoms with van der Waals surface area (Å²) < 4.78 is 12.1. The van der Waals surface area contributed by atoms with Gasteiger partial charge in [-0.1, -0.05) is 22.9 Å². The second-order valence-corrected chi connectivity index (χ2v) is 5.03. The van der Waals surface area contributed by atoms with Crippen molar-refractivity contribution < 1.29 is 9.47 Å². The molecule has 1 aromatic rings. The van der Waals surface area contributed by atoms with Gasteiger partial charge in [-0.15, -0.1) is 0 Å². The number of ether oxygens (including phenoxy) is 2. The van der Waals surface area contributed by atoms with Crippen molar-refractivity contribution in [2.24, 2.45) is 0 Å². The van der Waals surface area contributed by atoms with Crippen LogP contribution in [0.4, 0.5) is 0 Å². The summed E-state index contributed by atoms with van der Waals surface area (Å²) in [5.41, 5.74) is 1.11. The van der Waals surface area contributed by atoms with E-state index in [2.05, 4.69) is 35.1 Å². The Bertz CT molecular complexity index is 382. The maximum Gasteiger partial charge on any atom is 0.166 e. The molecule has 0 heterocycles. The van der Waals surface area contributed by atoms with Crippen LogP contribution in [0.5, 0.6) is 11.5 Å². The van der Waals surface area contributed by atoms with Gasteiger partial charge in [0.05, 0.1) is 13.7 Å². The van der Waals surface area contributed by atoms with Gasteiger partial charge in [-0.25, -0.2) is 0 Å². The summed E-state index contributed by atoms with van der Waals surface area (Å²) in [6.07, 6.45) is 1.10. The van der Waals surface area contributed by atoms with Crippen LogP contribution in [-0.2, 0) is 6.54 Å². The Balaban J connectivity index is 2.98. The molecule has 3 nitrogen and oxygen atoms in total. The molecule has 0 aliphatic carbocycles. The minimum atomic E-state index is 0.484. The summed E-state index contributed by atoms with van der Waals surface area (Å²) in [7, 11) is 1.66. The highest BCUT2D eigenvalue weighted by molar-refractivity contribution is 9.10. The average Bonchev–Trinajstić information content (AvgIpc) is 2.38. The highest BCUT2D eigenvalue weighted by Gasteiger charge is 2.14. The van der Waals surface area contributed by atoms with Crippen molar-refractivity contribution in [3.05, 3.63) is 22.2 Å². The molecule has 0 bridgehead atoms. The summed E-state index contributed by atoms with van der Waals surface area (Å²) in [6.45, 7) is 7.72. The van der Waals surface area contributed by atoms with Crippen LogP contribution in [0.15, 0.2) is 16.6 Å². The van der Waals surface area contributed by atoms with Crippen LogP contribution in [0.1, 0.15) is 32.8 Å². The van der Waals surface area contributed by atoms with Gasteiger partial charge in [0.2, 0.25) is 0 Å². The Labute approximate surface area is 118 Å². The average molecular weight is 316 g/mol. The van der Waals surface area contributed by atoms with Gasteiger partial charge in [-0.3, -0.25) is 0 Å². The quantitative estimate of drug-likeness (QED) is 0.831. The van der Waals surface area contributed by atoms with Crippen molar-refractivity contribution in [3.8, 4) is 11.5 Å². The fourth-order valence-electron chi connectivity index (χ4n) is 1.63. The first-order valence-electron chi connectivity index (χ1n) is 6.35.